The van der Waals surface area contributed by atoms with E-state index in [0.717, 1.165) is 30.0 Å². The molecule has 0 radical (unpaired) electrons. The summed E-state index contributed by atoms with van der Waals surface area (Å²) in [7, 11) is 3.49. The molecule has 1 aliphatic rings. The number of rotatable bonds is 5. The standard InChI is InChI=1S/C16H19N3O2/c1-10-14(17-2)18-15(11-8-9-11)19-16(10)21-13-7-5-4-6-12(13)20-3/h4-7,11H,8-9H2,1-3H3,(H,17,18,19). The summed E-state index contributed by atoms with van der Waals surface area (Å²) in [5, 5.41) is 3.11. The zero-order valence-corrected chi connectivity index (χ0v) is 12.5. The monoisotopic (exact) mass is 285 g/mol. The number of hydrogen-bond acceptors (Lipinski definition) is 5. The van der Waals surface area contributed by atoms with E-state index in [4.69, 9.17) is 9.47 Å². The third kappa shape index (κ3) is 2.77. The van der Waals surface area contributed by atoms with Gasteiger partial charge in [0, 0.05) is 13.0 Å². The fourth-order valence-corrected chi connectivity index (χ4v) is 2.19. The quantitative estimate of drug-likeness (QED) is 0.911. The van der Waals surface area contributed by atoms with Crippen molar-refractivity contribution in [2.75, 3.05) is 19.5 Å². The van der Waals surface area contributed by atoms with Crippen LogP contribution in [0.1, 0.15) is 30.1 Å². The smallest absolute Gasteiger partial charge is 0.227 e. The van der Waals surface area contributed by atoms with Crippen molar-refractivity contribution in [3.05, 3.63) is 35.7 Å². The molecule has 2 aromatic rings. The van der Waals surface area contributed by atoms with Crippen molar-refractivity contribution in [3.63, 3.8) is 0 Å². The molecule has 5 heteroatoms. The van der Waals surface area contributed by atoms with E-state index in [1.54, 1.807) is 7.11 Å². The number of ether oxygens (including phenoxy) is 2. The minimum absolute atomic E-state index is 0.470. The van der Waals surface area contributed by atoms with Crippen LogP contribution in [0.25, 0.3) is 0 Å². The first-order chi connectivity index (χ1) is 10.2. The Morgan fingerprint density at radius 3 is 2.48 bits per heavy atom. The summed E-state index contributed by atoms with van der Waals surface area (Å²) in [5.41, 5.74) is 0.896. The van der Waals surface area contributed by atoms with Crippen LogP contribution in [0.5, 0.6) is 17.4 Å². The molecule has 110 valence electrons. The molecular weight excluding hydrogens is 266 g/mol. The Kier molecular flexibility index (Phi) is 3.64. The lowest BCUT2D eigenvalue weighted by atomic mass is 10.3. The van der Waals surface area contributed by atoms with Gasteiger partial charge < -0.3 is 14.8 Å². The highest BCUT2D eigenvalue weighted by molar-refractivity contribution is 5.51. The maximum atomic E-state index is 5.98. The third-order valence-electron chi connectivity index (χ3n) is 3.57. The van der Waals surface area contributed by atoms with E-state index in [0.29, 0.717) is 23.3 Å². The van der Waals surface area contributed by atoms with E-state index in [9.17, 15) is 0 Å². The van der Waals surface area contributed by atoms with Crippen LogP contribution in [-0.2, 0) is 0 Å². The van der Waals surface area contributed by atoms with Gasteiger partial charge in [-0.05, 0) is 31.9 Å². The summed E-state index contributed by atoms with van der Waals surface area (Å²) in [6.45, 7) is 1.95. The largest absolute Gasteiger partial charge is 0.493 e. The van der Waals surface area contributed by atoms with Gasteiger partial charge in [-0.3, -0.25) is 0 Å². The average molecular weight is 285 g/mol. The van der Waals surface area contributed by atoms with Crippen molar-refractivity contribution in [3.8, 4) is 17.4 Å². The van der Waals surface area contributed by atoms with Crippen LogP contribution in [0.2, 0.25) is 0 Å². The number of benzene rings is 1. The van der Waals surface area contributed by atoms with Crippen molar-refractivity contribution < 1.29 is 9.47 Å². The average Bonchev–Trinajstić information content (AvgIpc) is 3.34. The molecule has 1 saturated carbocycles. The molecule has 0 spiro atoms. The molecule has 21 heavy (non-hydrogen) atoms. The predicted molar refractivity (Wildman–Crippen MR) is 81.4 cm³/mol. The van der Waals surface area contributed by atoms with E-state index >= 15 is 0 Å². The van der Waals surface area contributed by atoms with Crippen LogP contribution in [0.3, 0.4) is 0 Å². The predicted octanol–water partition coefficient (Wildman–Crippen LogP) is 3.51. The maximum absolute atomic E-state index is 5.98. The van der Waals surface area contributed by atoms with Gasteiger partial charge >= 0.3 is 0 Å². The summed E-state index contributed by atoms with van der Waals surface area (Å²) in [4.78, 5) is 9.15. The highest BCUT2D eigenvalue weighted by atomic mass is 16.5. The van der Waals surface area contributed by atoms with Gasteiger partial charge in [0.15, 0.2) is 11.5 Å². The van der Waals surface area contributed by atoms with Crippen LogP contribution >= 0.6 is 0 Å². The first-order valence-corrected chi connectivity index (χ1v) is 7.10. The van der Waals surface area contributed by atoms with Crippen molar-refractivity contribution in [1.29, 1.82) is 0 Å². The fourth-order valence-electron chi connectivity index (χ4n) is 2.19. The molecule has 1 heterocycles. The lowest BCUT2D eigenvalue weighted by molar-refractivity contribution is 0.372. The fraction of sp³-hybridized carbons (Fsp3) is 0.375. The Labute approximate surface area is 124 Å². The molecule has 0 atom stereocenters. The lowest BCUT2D eigenvalue weighted by Gasteiger charge is -2.14. The van der Waals surface area contributed by atoms with Gasteiger partial charge in [0.05, 0.1) is 12.7 Å². The third-order valence-corrected chi connectivity index (χ3v) is 3.57. The molecule has 1 N–H and O–H groups in total. The molecule has 0 bridgehead atoms. The molecule has 0 unspecified atom stereocenters. The molecule has 3 rings (SSSR count). The Balaban J connectivity index is 1.99. The van der Waals surface area contributed by atoms with Crippen molar-refractivity contribution in [2.24, 2.45) is 0 Å². The number of nitrogens with one attached hydrogen (secondary N) is 1. The topological polar surface area (TPSA) is 56.3 Å². The van der Waals surface area contributed by atoms with E-state index in [2.05, 4.69) is 15.3 Å². The zero-order valence-electron chi connectivity index (χ0n) is 12.5. The minimum atomic E-state index is 0.470. The second-order valence-corrected chi connectivity index (χ2v) is 5.14. The Bertz CT molecular complexity index is 654. The lowest BCUT2D eigenvalue weighted by Crippen LogP contribution is -2.05. The summed E-state index contributed by atoms with van der Waals surface area (Å²) in [5.74, 6) is 4.07. The molecule has 1 aliphatic carbocycles. The Morgan fingerprint density at radius 2 is 1.86 bits per heavy atom. The SMILES string of the molecule is CNc1nc(C2CC2)nc(Oc2ccccc2OC)c1C. The second kappa shape index (κ2) is 5.60. The molecule has 1 fully saturated rings. The van der Waals surface area contributed by atoms with E-state index in [1.807, 2.05) is 38.2 Å². The number of aromatic nitrogens is 2. The summed E-state index contributed by atoms with van der Waals surface area (Å²) < 4.78 is 11.3. The summed E-state index contributed by atoms with van der Waals surface area (Å²) in [6, 6.07) is 7.56. The van der Waals surface area contributed by atoms with Crippen molar-refractivity contribution in [1.82, 2.24) is 9.97 Å². The Hall–Kier alpha value is -2.30. The number of nitrogens with zero attached hydrogens (tertiary/aromatic N) is 2. The minimum Gasteiger partial charge on any atom is -0.493 e. The first kappa shape index (κ1) is 13.7. The number of anilines is 1. The van der Waals surface area contributed by atoms with Gasteiger partial charge in [-0.1, -0.05) is 12.1 Å². The highest BCUT2D eigenvalue weighted by Gasteiger charge is 2.28. The molecule has 0 amide bonds. The molecule has 1 aromatic heterocycles. The molecule has 0 aliphatic heterocycles. The van der Waals surface area contributed by atoms with Crippen LogP contribution in [-0.4, -0.2) is 24.1 Å². The van der Waals surface area contributed by atoms with Gasteiger partial charge in [-0.25, -0.2) is 4.98 Å². The molecule has 5 nitrogen and oxygen atoms in total. The normalized spacial score (nSPS) is 13.9. The molecular formula is C16H19N3O2. The van der Waals surface area contributed by atoms with Crippen LogP contribution in [0, 0.1) is 6.92 Å². The van der Waals surface area contributed by atoms with E-state index in [1.165, 1.54) is 0 Å². The number of hydrogen-bond donors (Lipinski definition) is 1. The van der Waals surface area contributed by atoms with Crippen molar-refractivity contribution >= 4 is 5.82 Å². The first-order valence-electron chi connectivity index (χ1n) is 7.10. The van der Waals surface area contributed by atoms with Gasteiger partial charge in [0.1, 0.15) is 11.6 Å². The second-order valence-electron chi connectivity index (χ2n) is 5.14. The summed E-state index contributed by atoms with van der Waals surface area (Å²) >= 11 is 0. The van der Waals surface area contributed by atoms with Crippen LogP contribution in [0.4, 0.5) is 5.82 Å². The zero-order chi connectivity index (χ0) is 14.8. The number of methoxy groups -OCH3 is 1. The highest BCUT2D eigenvalue weighted by Crippen LogP contribution is 2.41. The van der Waals surface area contributed by atoms with Crippen LogP contribution in [0.15, 0.2) is 24.3 Å². The van der Waals surface area contributed by atoms with Gasteiger partial charge in [0.25, 0.3) is 0 Å². The number of para-hydroxylation sites is 2. The van der Waals surface area contributed by atoms with E-state index < -0.39 is 0 Å². The van der Waals surface area contributed by atoms with Crippen molar-refractivity contribution in [2.45, 2.75) is 25.7 Å². The van der Waals surface area contributed by atoms with Gasteiger partial charge in [-0.2, -0.15) is 4.98 Å². The summed E-state index contributed by atoms with van der Waals surface area (Å²) in [6.07, 6.45) is 2.31. The molecule has 1 aromatic carbocycles. The maximum Gasteiger partial charge on any atom is 0.227 e. The van der Waals surface area contributed by atoms with Crippen LogP contribution < -0.4 is 14.8 Å². The van der Waals surface area contributed by atoms with Gasteiger partial charge in [0.2, 0.25) is 5.88 Å². The van der Waals surface area contributed by atoms with Gasteiger partial charge in [-0.15, -0.1) is 0 Å². The Morgan fingerprint density at radius 1 is 1.14 bits per heavy atom. The molecule has 0 saturated heterocycles. The van der Waals surface area contributed by atoms with E-state index in [-0.39, 0.29) is 0 Å².